The maximum atomic E-state index is 14.0. The molecule has 1 aromatic rings. The first-order valence-corrected chi connectivity index (χ1v) is 8.68. The van der Waals surface area contributed by atoms with Gasteiger partial charge in [0.25, 0.3) is 0 Å². The van der Waals surface area contributed by atoms with Crippen LogP contribution in [0.25, 0.3) is 0 Å². The Labute approximate surface area is 159 Å². The fourth-order valence-electron chi connectivity index (χ4n) is 4.32. The summed E-state index contributed by atoms with van der Waals surface area (Å²) in [6, 6.07) is 4.51. The minimum absolute atomic E-state index is 0. The van der Waals surface area contributed by atoms with Crippen molar-refractivity contribution in [1.29, 1.82) is 0 Å². The highest BCUT2D eigenvalue weighted by Crippen LogP contribution is 2.57. The van der Waals surface area contributed by atoms with Crippen LogP contribution in [0.2, 0.25) is 5.02 Å². The van der Waals surface area contributed by atoms with Gasteiger partial charge >= 0.3 is 0 Å². The largest absolute Gasteiger partial charge is 0.377 e. The summed E-state index contributed by atoms with van der Waals surface area (Å²) in [7, 11) is 1.65. The molecule has 0 radical (unpaired) electrons. The van der Waals surface area contributed by atoms with Crippen molar-refractivity contribution in [3.05, 3.63) is 34.6 Å². The van der Waals surface area contributed by atoms with Gasteiger partial charge in [0, 0.05) is 42.1 Å². The number of rotatable bonds is 3. The molecule has 140 valence electrons. The van der Waals surface area contributed by atoms with Crippen LogP contribution in [-0.4, -0.2) is 36.1 Å². The zero-order valence-electron chi connectivity index (χ0n) is 14.7. The molecule has 0 bridgehead atoms. The van der Waals surface area contributed by atoms with Crippen molar-refractivity contribution in [2.24, 2.45) is 17.1 Å². The smallest absolute Gasteiger partial charge is 0.243 e. The molecule has 1 aliphatic carbocycles. The number of nitrogens with zero attached hydrogens (tertiary/aromatic N) is 1. The highest BCUT2D eigenvalue weighted by Gasteiger charge is 2.70. The summed E-state index contributed by atoms with van der Waals surface area (Å²) in [6.07, 6.45) is 1.79. The average molecular weight is 391 g/mol. The normalized spacial score (nSPS) is 29.8. The lowest BCUT2D eigenvalue weighted by Crippen LogP contribution is -2.82. The molecule has 25 heavy (non-hydrogen) atoms. The van der Waals surface area contributed by atoms with E-state index in [1.165, 1.54) is 11.0 Å². The zero-order valence-corrected chi connectivity index (χ0v) is 16.3. The third kappa shape index (κ3) is 2.95. The summed E-state index contributed by atoms with van der Waals surface area (Å²) in [5.74, 6) is -0.592. The van der Waals surface area contributed by atoms with Crippen LogP contribution in [0.3, 0.4) is 0 Å². The van der Waals surface area contributed by atoms with Gasteiger partial charge in [-0.1, -0.05) is 31.5 Å². The van der Waals surface area contributed by atoms with E-state index in [9.17, 15) is 9.18 Å². The van der Waals surface area contributed by atoms with Crippen LogP contribution in [0, 0.1) is 17.2 Å². The molecule has 3 unspecified atom stereocenters. The number of nitrogens with two attached hydrogens (primary N) is 1. The van der Waals surface area contributed by atoms with E-state index in [-0.39, 0.29) is 36.9 Å². The van der Waals surface area contributed by atoms with Gasteiger partial charge in [0.15, 0.2) is 0 Å². The first-order valence-electron chi connectivity index (χ1n) is 8.30. The molecule has 4 nitrogen and oxygen atoms in total. The van der Waals surface area contributed by atoms with Crippen LogP contribution < -0.4 is 5.73 Å². The van der Waals surface area contributed by atoms with E-state index < -0.39 is 16.8 Å². The van der Waals surface area contributed by atoms with Crippen molar-refractivity contribution in [3.63, 3.8) is 0 Å². The molecular formula is C18H25Cl2FN2O2. The molecule has 2 aliphatic rings. The zero-order chi connectivity index (χ0) is 17.7. The Balaban J connectivity index is 0.00000225. The predicted molar refractivity (Wildman–Crippen MR) is 98.3 cm³/mol. The third-order valence-corrected chi connectivity index (χ3v) is 6.20. The minimum atomic E-state index is -0.995. The minimum Gasteiger partial charge on any atom is -0.377 e. The van der Waals surface area contributed by atoms with Gasteiger partial charge in [-0.2, -0.15) is 0 Å². The molecule has 1 saturated carbocycles. The lowest BCUT2D eigenvalue weighted by Gasteiger charge is -2.65. The Bertz CT molecular complexity index is 650. The van der Waals surface area contributed by atoms with Crippen molar-refractivity contribution in [1.82, 2.24) is 4.90 Å². The van der Waals surface area contributed by atoms with E-state index >= 15 is 0 Å². The molecule has 7 heteroatoms. The Morgan fingerprint density at radius 1 is 1.48 bits per heavy atom. The van der Waals surface area contributed by atoms with Gasteiger partial charge in [-0.3, -0.25) is 4.79 Å². The SMILES string of the molecule is CN(Cc1c(F)cccc1Cl)C(=O)C1(N)C2CCCOC2C1(C)C.Cl. The Hall–Kier alpha value is -0.880. The molecule has 1 aliphatic heterocycles. The van der Waals surface area contributed by atoms with Crippen molar-refractivity contribution in [3.8, 4) is 0 Å². The van der Waals surface area contributed by atoms with Gasteiger partial charge in [0.1, 0.15) is 11.4 Å². The molecular weight excluding hydrogens is 366 g/mol. The first-order chi connectivity index (χ1) is 11.2. The highest BCUT2D eigenvalue weighted by molar-refractivity contribution is 6.31. The van der Waals surface area contributed by atoms with Gasteiger partial charge < -0.3 is 15.4 Å². The summed E-state index contributed by atoms with van der Waals surface area (Å²) in [4.78, 5) is 14.6. The molecule has 2 fully saturated rings. The number of halogens is 3. The van der Waals surface area contributed by atoms with Crippen LogP contribution in [-0.2, 0) is 16.1 Å². The molecule has 1 saturated heterocycles. The Morgan fingerprint density at radius 2 is 2.16 bits per heavy atom. The molecule has 0 spiro atoms. The summed E-state index contributed by atoms with van der Waals surface area (Å²) < 4.78 is 19.9. The lowest BCUT2D eigenvalue weighted by atomic mass is 9.46. The van der Waals surface area contributed by atoms with E-state index in [0.29, 0.717) is 10.6 Å². The van der Waals surface area contributed by atoms with Crippen LogP contribution >= 0.6 is 24.0 Å². The number of fused-ring (bicyclic) bond motifs is 1. The van der Waals surface area contributed by atoms with Crippen molar-refractivity contribution >= 4 is 29.9 Å². The van der Waals surface area contributed by atoms with Gasteiger partial charge in [-0.05, 0) is 25.0 Å². The molecule has 3 rings (SSSR count). The monoisotopic (exact) mass is 390 g/mol. The topological polar surface area (TPSA) is 55.6 Å². The van der Waals surface area contributed by atoms with E-state index in [1.54, 1.807) is 19.2 Å². The van der Waals surface area contributed by atoms with Gasteiger partial charge in [-0.25, -0.2) is 4.39 Å². The van der Waals surface area contributed by atoms with E-state index in [2.05, 4.69) is 0 Å². The van der Waals surface area contributed by atoms with Crippen LogP contribution in [0.15, 0.2) is 18.2 Å². The number of hydrogen-bond donors (Lipinski definition) is 1. The molecule has 1 amide bonds. The Kier molecular flexibility index (Phi) is 5.74. The molecule has 2 N–H and O–H groups in total. The second-order valence-electron chi connectivity index (χ2n) is 7.49. The van der Waals surface area contributed by atoms with Crippen molar-refractivity contribution < 1.29 is 13.9 Å². The number of benzene rings is 1. The quantitative estimate of drug-likeness (QED) is 0.860. The number of likely N-dealkylation sites (N-methyl/N-ethyl adjacent to an activating group) is 1. The maximum Gasteiger partial charge on any atom is 0.243 e. The highest BCUT2D eigenvalue weighted by atomic mass is 35.5. The van der Waals surface area contributed by atoms with Crippen LogP contribution in [0.5, 0.6) is 0 Å². The predicted octanol–water partition coefficient (Wildman–Crippen LogP) is 3.39. The summed E-state index contributed by atoms with van der Waals surface area (Å²) >= 11 is 6.08. The van der Waals surface area contributed by atoms with Crippen LogP contribution in [0.1, 0.15) is 32.3 Å². The van der Waals surface area contributed by atoms with Gasteiger partial charge in [0.05, 0.1) is 6.10 Å². The number of amides is 1. The first kappa shape index (κ1) is 20.4. The second-order valence-corrected chi connectivity index (χ2v) is 7.90. The maximum absolute atomic E-state index is 14.0. The van der Waals surface area contributed by atoms with Gasteiger partial charge in [-0.15, -0.1) is 12.4 Å². The number of carbonyl (C=O) groups excluding carboxylic acids is 1. The van der Waals surface area contributed by atoms with E-state index in [0.717, 1.165) is 19.4 Å². The Morgan fingerprint density at radius 3 is 2.80 bits per heavy atom. The van der Waals surface area contributed by atoms with E-state index in [1.807, 2.05) is 13.8 Å². The fraction of sp³-hybridized carbons (Fsp3) is 0.611. The van der Waals surface area contributed by atoms with Crippen molar-refractivity contribution in [2.45, 2.75) is 44.9 Å². The standard InChI is InChI=1S/C18H24ClFN2O2.ClH/c1-17(2)15-12(6-5-9-24-15)18(17,21)16(23)22(3)10-11-13(19)7-4-8-14(11)20;/h4,7-8,12,15H,5-6,9-10,21H2,1-3H3;1H. The second kappa shape index (κ2) is 7.03. The fourth-order valence-corrected chi connectivity index (χ4v) is 4.54. The summed E-state index contributed by atoms with van der Waals surface area (Å²) in [5, 5.41) is 0.312. The molecule has 0 aromatic heterocycles. The molecule has 1 aromatic carbocycles. The average Bonchev–Trinajstić information content (AvgIpc) is 2.56. The third-order valence-electron chi connectivity index (χ3n) is 5.84. The van der Waals surface area contributed by atoms with Crippen LogP contribution in [0.4, 0.5) is 4.39 Å². The molecule has 3 atom stereocenters. The molecule has 1 heterocycles. The number of carbonyl (C=O) groups is 1. The van der Waals surface area contributed by atoms with Crippen molar-refractivity contribution in [2.75, 3.05) is 13.7 Å². The number of ether oxygens (including phenoxy) is 1. The lowest BCUT2D eigenvalue weighted by molar-refractivity contribution is -0.229. The number of hydrogen-bond acceptors (Lipinski definition) is 3. The van der Waals surface area contributed by atoms with E-state index in [4.69, 9.17) is 22.1 Å². The summed E-state index contributed by atoms with van der Waals surface area (Å²) in [5.41, 5.74) is 5.47. The summed E-state index contributed by atoms with van der Waals surface area (Å²) in [6.45, 7) is 4.76. The van der Waals surface area contributed by atoms with Gasteiger partial charge in [0.2, 0.25) is 5.91 Å².